The molecule has 16 heavy (non-hydrogen) atoms. The number of hydrogen-bond acceptors (Lipinski definition) is 5. The van der Waals surface area contributed by atoms with Crippen LogP contribution in [-0.2, 0) is 0 Å². The minimum Gasteiger partial charge on any atom is -0.494 e. The molecule has 1 aliphatic rings. The molecule has 1 aromatic rings. The number of hydrogen-bond donors (Lipinski definition) is 2. The van der Waals surface area contributed by atoms with Crippen molar-refractivity contribution in [2.45, 2.75) is 6.92 Å². The molecule has 0 aromatic heterocycles. The van der Waals surface area contributed by atoms with E-state index in [1.165, 1.54) is 0 Å². The Hall–Kier alpha value is -1.36. The van der Waals surface area contributed by atoms with Crippen molar-refractivity contribution < 1.29 is 4.74 Å². The molecule has 0 bridgehead atoms. The Balaban J connectivity index is 2.05. The van der Waals surface area contributed by atoms with Gasteiger partial charge in [-0.25, -0.2) is 0 Å². The Kier molecular flexibility index (Phi) is 3.56. The van der Waals surface area contributed by atoms with Gasteiger partial charge in [0.05, 0.1) is 19.3 Å². The van der Waals surface area contributed by atoms with Gasteiger partial charge in [-0.3, -0.25) is 15.8 Å². The quantitative estimate of drug-likeness (QED) is 0.790. The number of nitrogens with zero attached hydrogens (tertiary/aromatic N) is 1. The molecule has 86 valence electrons. The lowest BCUT2D eigenvalue weighted by Crippen LogP contribution is -2.26. The molecule has 0 radical (unpaired) electrons. The Morgan fingerprint density at radius 3 is 2.94 bits per heavy atom. The summed E-state index contributed by atoms with van der Waals surface area (Å²) < 4.78 is 5.34. The van der Waals surface area contributed by atoms with Crippen LogP contribution in [0.15, 0.2) is 23.2 Å². The third-order valence-corrected chi connectivity index (χ3v) is 3.20. The van der Waals surface area contributed by atoms with Crippen molar-refractivity contribution in [2.75, 3.05) is 24.8 Å². The highest BCUT2D eigenvalue weighted by molar-refractivity contribution is 8.14. The summed E-state index contributed by atoms with van der Waals surface area (Å²) in [7, 11) is 1.68. The maximum atomic E-state index is 5.34. The summed E-state index contributed by atoms with van der Waals surface area (Å²) >= 11 is 1.71. The number of hydrazine groups is 1. The van der Waals surface area contributed by atoms with Gasteiger partial charge in [0, 0.05) is 5.75 Å². The van der Waals surface area contributed by atoms with Crippen molar-refractivity contribution in [1.82, 2.24) is 5.43 Å². The van der Waals surface area contributed by atoms with Gasteiger partial charge in [-0.05, 0) is 18.6 Å². The topological polar surface area (TPSA) is 45.6 Å². The number of ether oxygens (including phenoxy) is 1. The molecule has 2 rings (SSSR count). The van der Waals surface area contributed by atoms with Gasteiger partial charge < -0.3 is 4.74 Å². The normalized spacial score (nSPS) is 14.5. The van der Waals surface area contributed by atoms with E-state index < -0.39 is 0 Å². The van der Waals surface area contributed by atoms with Crippen LogP contribution in [0, 0.1) is 6.92 Å². The molecular weight excluding hydrogens is 222 g/mol. The Labute approximate surface area is 99.5 Å². The average molecular weight is 237 g/mol. The monoisotopic (exact) mass is 237 g/mol. The summed E-state index contributed by atoms with van der Waals surface area (Å²) in [5.41, 5.74) is 8.24. The van der Waals surface area contributed by atoms with Gasteiger partial charge in [0.15, 0.2) is 5.17 Å². The molecule has 5 heteroatoms. The van der Waals surface area contributed by atoms with Gasteiger partial charge in [-0.15, -0.1) is 0 Å². The van der Waals surface area contributed by atoms with Gasteiger partial charge in [-0.2, -0.15) is 0 Å². The second-order valence-corrected chi connectivity index (χ2v) is 4.52. The van der Waals surface area contributed by atoms with Gasteiger partial charge in [0.25, 0.3) is 0 Å². The van der Waals surface area contributed by atoms with Crippen molar-refractivity contribution in [3.05, 3.63) is 23.8 Å². The molecule has 1 aliphatic heterocycles. The predicted molar refractivity (Wildman–Crippen MR) is 69.2 cm³/mol. The Bertz CT molecular complexity index is 406. The molecule has 0 amide bonds. The van der Waals surface area contributed by atoms with Crippen molar-refractivity contribution in [3.63, 3.8) is 0 Å². The van der Waals surface area contributed by atoms with E-state index in [9.17, 15) is 0 Å². The fraction of sp³-hybridized carbons (Fsp3) is 0.364. The molecule has 0 aliphatic carbocycles. The average Bonchev–Trinajstić information content (AvgIpc) is 2.79. The van der Waals surface area contributed by atoms with E-state index in [4.69, 9.17) is 4.74 Å². The maximum Gasteiger partial charge on any atom is 0.175 e. The van der Waals surface area contributed by atoms with Crippen LogP contribution < -0.4 is 15.6 Å². The van der Waals surface area contributed by atoms with E-state index in [1.807, 2.05) is 25.1 Å². The Morgan fingerprint density at radius 1 is 1.38 bits per heavy atom. The summed E-state index contributed by atoms with van der Waals surface area (Å²) in [6.45, 7) is 2.91. The number of amidine groups is 1. The van der Waals surface area contributed by atoms with Crippen molar-refractivity contribution in [1.29, 1.82) is 0 Å². The van der Waals surface area contributed by atoms with Crippen LogP contribution >= 0.6 is 11.8 Å². The Morgan fingerprint density at radius 2 is 2.25 bits per heavy atom. The van der Waals surface area contributed by atoms with Crippen LogP contribution in [0.5, 0.6) is 5.75 Å². The fourth-order valence-electron chi connectivity index (χ4n) is 1.55. The number of methoxy groups -OCH3 is 1. The smallest absolute Gasteiger partial charge is 0.175 e. The molecule has 4 nitrogen and oxygen atoms in total. The molecule has 2 N–H and O–H groups in total. The van der Waals surface area contributed by atoms with E-state index in [2.05, 4.69) is 15.8 Å². The zero-order valence-electron chi connectivity index (χ0n) is 9.41. The summed E-state index contributed by atoms with van der Waals surface area (Å²) in [4.78, 5) is 4.29. The van der Waals surface area contributed by atoms with Crippen LogP contribution in [0.1, 0.15) is 5.56 Å². The van der Waals surface area contributed by atoms with E-state index in [-0.39, 0.29) is 0 Å². The molecule has 1 aromatic carbocycles. The molecular formula is C11H15N3OS. The second kappa shape index (κ2) is 5.12. The van der Waals surface area contributed by atoms with Crippen molar-refractivity contribution in [3.8, 4) is 5.75 Å². The lowest BCUT2D eigenvalue weighted by atomic mass is 10.2. The largest absolute Gasteiger partial charge is 0.494 e. The summed E-state index contributed by atoms with van der Waals surface area (Å²) in [6.07, 6.45) is 0. The highest BCUT2D eigenvalue weighted by Gasteiger charge is 2.08. The van der Waals surface area contributed by atoms with Gasteiger partial charge in [0.1, 0.15) is 5.75 Å². The first kappa shape index (κ1) is 11.1. The third kappa shape index (κ3) is 2.41. The SMILES string of the molecule is COc1c(C)cccc1NNC1=NCCS1. The molecule has 0 saturated heterocycles. The molecule has 0 atom stereocenters. The number of nitrogens with one attached hydrogen (secondary N) is 2. The highest BCUT2D eigenvalue weighted by atomic mass is 32.2. The van der Waals surface area contributed by atoms with Crippen LogP contribution in [0.2, 0.25) is 0 Å². The lowest BCUT2D eigenvalue weighted by Gasteiger charge is -2.14. The predicted octanol–water partition coefficient (Wildman–Crippen LogP) is 2.02. The van der Waals surface area contributed by atoms with Gasteiger partial charge in [-0.1, -0.05) is 23.9 Å². The second-order valence-electron chi connectivity index (χ2n) is 3.44. The first-order valence-corrected chi connectivity index (χ1v) is 6.12. The molecule has 0 unspecified atom stereocenters. The maximum absolute atomic E-state index is 5.34. The van der Waals surface area contributed by atoms with Crippen LogP contribution in [0.4, 0.5) is 5.69 Å². The lowest BCUT2D eigenvalue weighted by molar-refractivity contribution is 0.413. The minimum absolute atomic E-state index is 0.860. The number of aliphatic imine (C=N–C) groups is 1. The molecule has 1 heterocycles. The summed E-state index contributed by atoms with van der Waals surface area (Å²) in [5.74, 6) is 1.91. The van der Waals surface area contributed by atoms with E-state index in [0.29, 0.717) is 0 Å². The fourth-order valence-corrected chi connectivity index (χ4v) is 2.24. The van der Waals surface area contributed by atoms with E-state index in [0.717, 1.165) is 34.5 Å². The minimum atomic E-state index is 0.860. The molecule has 0 saturated carbocycles. The van der Waals surface area contributed by atoms with E-state index in [1.54, 1.807) is 18.9 Å². The zero-order chi connectivity index (χ0) is 11.4. The summed E-state index contributed by atoms with van der Waals surface area (Å²) in [5, 5.41) is 0.934. The van der Waals surface area contributed by atoms with Crippen molar-refractivity contribution in [2.24, 2.45) is 4.99 Å². The number of para-hydroxylation sites is 1. The standard InChI is InChI=1S/C11H15N3OS/c1-8-4-3-5-9(10(8)15-2)13-14-11-12-6-7-16-11/h3-5,13H,6-7H2,1-2H3,(H,12,14). The van der Waals surface area contributed by atoms with Crippen molar-refractivity contribution >= 4 is 22.6 Å². The zero-order valence-corrected chi connectivity index (χ0v) is 10.2. The number of anilines is 1. The van der Waals surface area contributed by atoms with Gasteiger partial charge in [0.2, 0.25) is 0 Å². The number of thioether (sulfide) groups is 1. The number of aryl methyl sites for hydroxylation is 1. The highest BCUT2D eigenvalue weighted by Crippen LogP contribution is 2.27. The first-order chi connectivity index (χ1) is 7.81. The van der Waals surface area contributed by atoms with E-state index >= 15 is 0 Å². The van der Waals surface area contributed by atoms with Crippen LogP contribution in [0.25, 0.3) is 0 Å². The molecule has 0 fully saturated rings. The number of rotatable bonds is 3. The first-order valence-electron chi connectivity index (χ1n) is 5.14. The number of benzene rings is 1. The van der Waals surface area contributed by atoms with Gasteiger partial charge >= 0.3 is 0 Å². The van der Waals surface area contributed by atoms with Crippen LogP contribution in [0.3, 0.4) is 0 Å². The molecule has 0 spiro atoms. The third-order valence-electron chi connectivity index (χ3n) is 2.31. The van der Waals surface area contributed by atoms with Crippen LogP contribution in [-0.4, -0.2) is 24.6 Å². The summed E-state index contributed by atoms with van der Waals surface area (Å²) in [6, 6.07) is 5.98.